The first kappa shape index (κ1) is 31.1. The molecular formula is C30H34F3N5O3S. The van der Waals surface area contributed by atoms with Crippen LogP contribution in [0.25, 0.3) is 10.9 Å². The van der Waals surface area contributed by atoms with Crippen molar-refractivity contribution in [3.63, 3.8) is 0 Å². The van der Waals surface area contributed by atoms with E-state index in [9.17, 15) is 21.6 Å². The summed E-state index contributed by atoms with van der Waals surface area (Å²) in [7, 11) is -3.50. The van der Waals surface area contributed by atoms with Gasteiger partial charge in [-0.2, -0.15) is 18.4 Å². The number of nitriles is 1. The minimum atomic E-state index is -4.44. The second-order valence-corrected chi connectivity index (χ2v) is 12.6. The van der Waals surface area contributed by atoms with Crippen molar-refractivity contribution in [1.82, 2.24) is 9.47 Å². The van der Waals surface area contributed by atoms with Gasteiger partial charge in [0.25, 0.3) is 0 Å². The Morgan fingerprint density at radius 3 is 2.50 bits per heavy atom. The summed E-state index contributed by atoms with van der Waals surface area (Å²) in [5, 5.41) is 16.1. The van der Waals surface area contributed by atoms with E-state index < -0.39 is 22.6 Å². The molecule has 4 rings (SSSR count). The van der Waals surface area contributed by atoms with Gasteiger partial charge in [0.05, 0.1) is 28.3 Å². The third-order valence-corrected chi connectivity index (χ3v) is 8.27. The minimum Gasteiger partial charge on any atom is -0.477 e. The largest absolute Gasteiger partial charge is 0.477 e. The molecule has 0 aliphatic carbocycles. The second-order valence-electron chi connectivity index (χ2n) is 10.5. The average Bonchev–Trinajstić information content (AvgIpc) is 3.26. The maximum atomic E-state index is 13.6. The fourth-order valence-electron chi connectivity index (χ4n) is 5.03. The Labute approximate surface area is 244 Å². The van der Waals surface area contributed by atoms with Crippen molar-refractivity contribution in [3.8, 4) is 23.7 Å². The maximum Gasteiger partial charge on any atom is 0.406 e. The van der Waals surface area contributed by atoms with Crippen LogP contribution in [0.15, 0.2) is 47.4 Å². The summed E-state index contributed by atoms with van der Waals surface area (Å²) in [4.78, 5) is 2.44. The molecule has 224 valence electrons. The van der Waals surface area contributed by atoms with Crippen LogP contribution in [0.1, 0.15) is 32.4 Å². The van der Waals surface area contributed by atoms with Crippen LogP contribution >= 0.6 is 0 Å². The highest BCUT2D eigenvalue weighted by Gasteiger charge is 2.30. The highest BCUT2D eigenvalue weighted by molar-refractivity contribution is 7.90. The zero-order chi connectivity index (χ0) is 30.5. The smallest absolute Gasteiger partial charge is 0.406 e. The molecule has 1 aromatic heterocycles. The summed E-state index contributed by atoms with van der Waals surface area (Å²) in [6.07, 6.45) is -1.49. The first-order valence-corrected chi connectivity index (χ1v) is 15.5. The lowest BCUT2D eigenvalue weighted by Crippen LogP contribution is -2.42. The molecule has 2 aromatic carbocycles. The number of fused-ring (bicyclic) bond motifs is 1. The van der Waals surface area contributed by atoms with Gasteiger partial charge >= 0.3 is 6.18 Å². The maximum absolute atomic E-state index is 13.6. The summed E-state index contributed by atoms with van der Waals surface area (Å²) in [6, 6.07) is 13.7. The molecule has 8 nitrogen and oxygen atoms in total. The van der Waals surface area contributed by atoms with Gasteiger partial charge in [-0.25, -0.2) is 8.42 Å². The number of ether oxygens (including phenoxy) is 1. The van der Waals surface area contributed by atoms with Gasteiger partial charge in [0.15, 0.2) is 16.4 Å². The van der Waals surface area contributed by atoms with Crippen molar-refractivity contribution >= 4 is 32.1 Å². The molecule has 0 atom stereocenters. The van der Waals surface area contributed by atoms with E-state index in [1.165, 1.54) is 22.8 Å². The summed E-state index contributed by atoms with van der Waals surface area (Å²) < 4.78 is 71.2. The van der Waals surface area contributed by atoms with Crippen molar-refractivity contribution < 1.29 is 26.3 Å². The molecule has 1 aliphatic rings. The van der Waals surface area contributed by atoms with Crippen molar-refractivity contribution in [2.75, 3.05) is 43.1 Å². The first-order valence-electron chi connectivity index (χ1n) is 13.6. The number of sulfone groups is 1. The van der Waals surface area contributed by atoms with E-state index >= 15 is 0 Å². The summed E-state index contributed by atoms with van der Waals surface area (Å²) >= 11 is 0. The van der Waals surface area contributed by atoms with Gasteiger partial charge in [0, 0.05) is 48.6 Å². The Balaban J connectivity index is 1.58. The topological polar surface area (TPSA) is 99.4 Å². The SMILES string of the molecule is CC(C)N1CCC(Nc2cccc3c2cc(C#CCNc2ccc(S(C)(=O)=O)cc2OCC#N)n3CC(F)(F)F)CC1. The van der Waals surface area contributed by atoms with Gasteiger partial charge in [-0.1, -0.05) is 12.0 Å². The van der Waals surface area contributed by atoms with Gasteiger partial charge in [-0.05, 0) is 62.9 Å². The third-order valence-electron chi connectivity index (χ3n) is 7.16. The Kier molecular flexibility index (Phi) is 9.60. The van der Waals surface area contributed by atoms with E-state index in [4.69, 9.17) is 10.00 Å². The fraction of sp³-hybridized carbons (Fsp3) is 0.433. The lowest BCUT2D eigenvalue weighted by molar-refractivity contribution is -0.140. The van der Waals surface area contributed by atoms with Gasteiger partial charge < -0.3 is 24.8 Å². The highest BCUT2D eigenvalue weighted by Crippen LogP contribution is 2.32. The number of alkyl halides is 3. The number of anilines is 2. The van der Waals surface area contributed by atoms with Gasteiger partial charge in [0.1, 0.15) is 18.4 Å². The zero-order valence-electron chi connectivity index (χ0n) is 23.8. The quantitative estimate of drug-likeness (QED) is 0.323. The average molecular weight is 602 g/mol. The molecule has 1 fully saturated rings. The van der Waals surface area contributed by atoms with E-state index in [2.05, 4.69) is 41.2 Å². The second kappa shape index (κ2) is 13.0. The predicted octanol–water partition coefficient (Wildman–Crippen LogP) is 5.26. The Bertz CT molecular complexity index is 1620. The van der Waals surface area contributed by atoms with Crippen molar-refractivity contribution in [1.29, 1.82) is 5.26 Å². The van der Waals surface area contributed by atoms with Crippen LogP contribution < -0.4 is 15.4 Å². The standard InChI is InChI=1S/C30H34F3N5O3S/c1-21(2)37-15-11-22(12-16-37)36-26-7-4-8-28-25(26)18-23(38(28)20-30(31,32)33)6-5-14-35-27-10-9-24(42(3,39)40)19-29(27)41-17-13-34/h4,7-10,18-19,21-22,35-36H,11-12,14-17,20H2,1-3H3. The molecule has 12 heteroatoms. The summed E-state index contributed by atoms with van der Waals surface area (Å²) in [5.74, 6) is 5.89. The van der Waals surface area contributed by atoms with Gasteiger partial charge in [0.2, 0.25) is 0 Å². The molecule has 0 unspecified atom stereocenters. The molecule has 42 heavy (non-hydrogen) atoms. The Hall–Kier alpha value is -3.87. The van der Waals surface area contributed by atoms with E-state index in [1.807, 2.05) is 12.1 Å². The lowest BCUT2D eigenvalue weighted by Gasteiger charge is -2.35. The molecule has 2 N–H and O–H groups in total. The van der Waals surface area contributed by atoms with Crippen LogP contribution in [0.2, 0.25) is 0 Å². The van der Waals surface area contributed by atoms with Crippen LogP contribution in [0.5, 0.6) is 5.75 Å². The van der Waals surface area contributed by atoms with E-state index in [1.54, 1.807) is 18.2 Å². The van der Waals surface area contributed by atoms with E-state index in [0.29, 0.717) is 22.6 Å². The predicted molar refractivity (Wildman–Crippen MR) is 157 cm³/mol. The number of nitrogens with one attached hydrogen (secondary N) is 2. The number of aromatic nitrogens is 1. The van der Waals surface area contributed by atoms with Crippen LogP contribution in [0, 0.1) is 23.2 Å². The highest BCUT2D eigenvalue weighted by atomic mass is 32.2. The number of rotatable bonds is 9. The van der Waals surface area contributed by atoms with Crippen LogP contribution in [-0.4, -0.2) is 68.6 Å². The van der Waals surface area contributed by atoms with Gasteiger partial charge in [-0.15, -0.1) is 0 Å². The molecule has 1 aliphatic heterocycles. The number of hydrogen-bond acceptors (Lipinski definition) is 7. The molecule has 0 saturated carbocycles. The van der Waals surface area contributed by atoms with E-state index in [0.717, 1.165) is 37.9 Å². The monoisotopic (exact) mass is 601 g/mol. The zero-order valence-corrected chi connectivity index (χ0v) is 24.6. The number of nitrogens with zero attached hydrogens (tertiary/aromatic N) is 3. The van der Waals surface area contributed by atoms with Crippen molar-refractivity contribution in [3.05, 3.63) is 48.2 Å². The lowest BCUT2D eigenvalue weighted by atomic mass is 10.0. The Morgan fingerprint density at radius 1 is 1.12 bits per heavy atom. The Morgan fingerprint density at radius 2 is 1.86 bits per heavy atom. The molecule has 3 aromatic rings. The fourth-order valence-corrected chi connectivity index (χ4v) is 5.66. The van der Waals surface area contributed by atoms with Crippen molar-refractivity contribution in [2.45, 2.75) is 56.4 Å². The normalized spacial score (nSPS) is 14.8. The van der Waals surface area contributed by atoms with Crippen molar-refractivity contribution in [2.24, 2.45) is 0 Å². The van der Waals surface area contributed by atoms with Crippen LogP contribution in [-0.2, 0) is 16.4 Å². The minimum absolute atomic E-state index is 0.0265. The molecule has 2 heterocycles. The number of halogens is 3. The van der Waals surface area contributed by atoms with E-state index in [-0.39, 0.29) is 35.5 Å². The molecule has 0 amide bonds. The number of piperidine rings is 1. The van der Waals surface area contributed by atoms with Gasteiger partial charge in [-0.3, -0.25) is 0 Å². The molecule has 0 bridgehead atoms. The molecule has 1 saturated heterocycles. The summed E-state index contributed by atoms with van der Waals surface area (Å²) in [6.45, 7) is 4.84. The number of likely N-dealkylation sites (tertiary alicyclic amines) is 1. The summed E-state index contributed by atoms with van der Waals surface area (Å²) in [5.41, 5.74) is 1.85. The van der Waals surface area contributed by atoms with Crippen LogP contribution in [0.3, 0.4) is 0 Å². The molecular weight excluding hydrogens is 567 g/mol. The number of hydrogen-bond donors (Lipinski definition) is 2. The third kappa shape index (κ3) is 7.90. The molecule has 0 spiro atoms. The molecule has 0 radical (unpaired) electrons. The number of benzene rings is 2. The first-order chi connectivity index (χ1) is 19.9. The van der Waals surface area contributed by atoms with Crippen LogP contribution in [0.4, 0.5) is 24.5 Å².